The molecule has 1 saturated carbocycles. The molecule has 2 N–H and O–H groups in total. The molecule has 2 aromatic rings. The van der Waals surface area contributed by atoms with Crippen molar-refractivity contribution in [3.05, 3.63) is 36.0 Å². The lowest BCUT2D eigenvalue weighted by Crippen LogP contribution is -2.44. The van der Waals surface area contributed by atoms with E-state index in [4.69, 9.17) is 19.7 Å². The number of rotatable bonds is 5. The summed E-state index contributed by atoms with van der Waals surface area (Å²) in [5.74, 6) is 2.44. The highest BCUT2D eigenvalue weighted by atomic mass is 16.5. The monoisotopic (exact) mass is 275 g/mol. The number of hydrogen-bond acceptors (Lipinski definition) is 6. The molecule has 0 aliphatic heterocycles. The molecule has 1 aliphatic carbocycles. The molecule has 20 heavy (non-hydrogen) atoms. The number of ether oxygens (including phenoxy) is 2. The van der Waals surface area contributed by atoms with Gasteiger partial charge in [0.05, 0.1) is 12.6 Å². The molecule has 0 saturated heterocycles. The first-order chi connectivity index (χ1) is 9.69. The predicted octanol–water partition coefficient (Wildman–Crippen LogP) is 2.00. The minimum atomic E-state index is -0.405. The van der Waals surface area contributed by atoms with Gasteiger partial charge in [-0.05, 0) is 31.4 Å². The van der Waals surface area contributed by atoms with Crippen LogP contribution in [0.4, 0.5) is 0 Å². The summed E-state index contributed by atoms with van der Waals surface area (Å²) in [6.07, 6.45) is 2.92. The highest BCUT2D eigenvalue weighted by molar-refractivity contribution is 5.32. The summed E-state index contributed by atoms with van der Waals surface area (Å²) in [5, 5.41) is 3.94. The van der Waals surface area contributed by atoms with Crippen LogP contribution in [0.15, 0.2) is 28.8 Å². The van der Waals surface area contributed by atoms with Gasteiger partial charge in [0.1, 0.15) is 11.5 Å². The summed E-state index contributed by atoms with van der Waals surface area (Å²) in [7, 11) is 1.61. The zero-order valence-electron chi connectivity index (χ0n) is 11.3. The molecule has 3 rings (SSSR count). The lowest BCUT2D eigenvalue weighted by atomic mass is 9.77. The number of nitrogens with zero attached hydrogens (tertiary/aromatic N) is 2. The Balaban J connectivity index is 1.63. The van der Waals surface area contributed by atoms with E-state index < -0.39 is 5.54 Å². The molecule has 0 unspecified atom stereocenters. The summed E-state index contributed by atoms with van der Waals surface area (Å²) in [4.78, 5) is 4.30. The Labute approximate surface area is 116 Å². The van der Waals surface area contributed by atoms with Crippen molar-refractivity contribution in [1.29, 1.82) is 0 Å². The molecule has 0 radical (unpaired) electrons. The first-order valence-electron chi connectivity index (χ1n) is 6.58. The van der Waals surface area contributed by atoms with Crippen molar-refractivity contribution in [3.63, 3.8) is 0 Å². The van der Waals surface area contributed by atoms with Crippen LogP contribution in [0.5, 0.6) is 11.5 Å². The lowest BCUT2D eigenvalue weighted by molar-refractivity contribution is 0.222. The molecule has 6 nitrogen and oxygen atoms in total. The minimum absolute atomic E-state index is 0.218. The molecule has 1 aromatic carbocycles. The Morgan fingerprint density at radius 3 is 2.85 bits per heavy atom. The van der Waals surface area contributed by atoms with E-state index in [1.54, 1.807) is 13.2 Å². The molecule has 1 heterocycles. The highest BCUT2D eigenvalue weighted by Crippen LogP contribution is 2.36. The van der Waals surface area contributed by atoms with Gasteiger partial charge in [-0.25, -0.2) is 0 Å². The number of hydrogen-bond donors (Lipinski definition) is 1. The maximum absolute atomic E-state index is 6.14. The van der Waals surface area contributed by atoms with E-state index in [0.29, 0.717) is 17.5 Å². The smallest absolute Gasteiger partial charge is 0.264 e. The van der Waals surface area contributed by atoms with E-state index in [-0.39, 0.29) is 6.61 Å². The Hall–Kier alpha value is -2.08. The molecule has 106 valence electrons. The first-order valence-corrected chi connectivity index (χ1v) is 6.58. The van der Waals surface area contributed by atoms with Crippen LogP contribution in [-0.4, -0.2) is 17.3 Å². The lowest BCUT2D eigenvalue weighted by Gasteiger charge is -2.34. The first kappa shape index (κ1) is 12.9. The Morgan fingerprint density at radius 2 is 2.15 bits per heavy atom. The van der Waals surface area contributed by atoms with Crippen molar-refractivity contribution in [2.24, 2.45) is 5.73 Å². The van der Waals surface area contributed by atoms with Crippen LogP contribution in [0.25, 0.3) is 0 Å². The summed E-state index contributed by atoms with van der Waals surface area (Å²) in [6, 6.07) is 7.35. The highest BCUT2D eigenvalue weighted by Gasteiger charge is 2.38. The van der Waals surface area contributed by atoms with Gasteiger partial charge in [-0.1, -0.05) is 11.2 Å². The van der Waals surface area contributed by atoms with Gasteiger partial charge < -0.3 is 19.7 Å². The van der Waals surface area contributed by atoms with Crippen LogP contribution in [0.1, 0.15) is 31.0 Å². The SMILES string of the molecule is COc1cccc(OCc2nc(C3(N)CCC3)no2)c1. The Kier molecular flexibility index (Phi) is 3.31. The van der Waals surface area contributed by atoms with Crippen molar-refractivity contribution in [2.45, 2.75) is 31.4 Å². The second-order valence-electron chi connectivity index (χ2n) is 4.99. The topological polar surface area (TPSA) is 83.4 Å². The zero-order chi connectivity index (χ0) is 14.0. The van der Waals surface area contributed by atoms with Crippen molar-refractivity contribution >= 4 is 0 Å². The van der Waals surface area contributed by atoms with Crippen molar-refractivity contribution < 1.29 is 14.0 Å². The fourth-order valence-corrected chi connectivity index (χ4v) is 2.13. The van der Waals surface area contributed by atoms with Gasteiger partial charge >= 0.3 is 0 Å². The molecule has 0 spiro atoms. The van der Waals surface area contributed by atoms with Gasteiger partial charge in [-0.15, -0.1) is 0 Å². The van der Waals surface area contributed by atoms with Crippen LogP contribution in [0.3, 0.4) is 0 Å². The van der Waals surface area contributed by atoms with E-state index in [0.717, 1.165) is 25.0 Å². The average Bonchev–Trinajstić information content (AvgIpc) is 2.92. The van der Waals surface area contributed by atoms with Crippen molar-refractivity contribution in [3.8, 4) is 11.5 Å². The maximum Gasteiger partial charge on any atom is 0.264 e. The minimum Gasteiger partial charge on any atom is -0.497 e. The number of benzene rings is 1. The number of methoxy groups -OCH3 is 1. The van der Waals surface area contributed by atoms with Crippen LogP contribution in [0, 0.1) is 0 Å². The van der Waals surface area contributed by atoms with Gasteiger partial charge in [0.25, 0.3) is 5.89 Å². The van der Waals surface area contributed by atoms with Gasteiger partial charge in [0, 0.05) is 6.07 Å². The number of aromatic nitrogens is 2. The molecule has 1 aromatic heterocycles. The van der Waals surface area contributed by atoms with Gasteiger partial charge in [-0.3, -0.25) is 0 Å². The van der Waals surface area contributed by atoms with Gasteiger partial charge in [-0.2, -0.15) is 4.98 Å². The van der Waals surface area contributed by atoms with E-state index in [1.807, 2.05) is 18.2 Å². The third-order valence-corrected chi connectivity index (χ3v) is 3.56. The molecular formula is C14H17N3O3. The number of nitrogens with two attached hydrogens (primary N) is 1. The van der Waals surface area contributed by atoms with Crippen LogP contribution >= 0.6 is 0 Å². The third-order valence-electron chi connectivity index (χ3n) is 3.56. The van der Waals surface area contributed by atoms with Crippen LogP contribution in [0.2, 0.25) is 0 Å². The third kappa shape index (κ3) is 2.46. The molecule has 0 bridgehead atoms. The standard InChI is InChI=1S/C14H17N3O3/c1-18-10-4-2-5-11(8-10)19-9-12-16-13(17-20-12)14(15)6-3-7-14/h2,4-5,8H,3,6-7,9,15H2,1H3. The van der Waals surface area contributed by atoms with Gasteiger partial charge in [0.15, 0.2) is 12.4 Å². The summed E-state index contributed by atoms with van der Waals surface area (Å²) < 4.78 is 15.9. The predicted molar refractivity (Wildman–Crippen MR) is 71.3 cm³/mol. The van der Waals surface area contributed by atoms with E-state index in [1.165, 1.54) is 0 Å². The largest absolute Gasteiger partial charge is 0.497 e. The molecule has 1 fully saturated rings. The molecule has 6 heteroatoms. The van der Waals surface area contributed by atoms with Crippen molar-refractivity contribution in [1.82, 2.24) is 10.1 Å². The second-order valence-corrected chi connectivity index (χ2v) is 4.99. The zero-order valence-corrected chi connectivity index (χ0v) is 11.3. The molecular weight excluding hydrogens is 258 g/mol. The van der Waals surface area contributed by atoms with E-state index in [9.17, 15) is 0 Å². The molecule has 1 aliphatic rings. The van der Waals surface area contributed by atoms with Crippen LogP contribution in [-0.2, 0) is 12.1 Å². The van der Waals surface area contributed by atoms with Crippen LogP contribution < -0.4 is 15.2 Å². The second kappa shape index (κ2) is 5.13. The normalized spacial score (nSPS) is 16.5. The average molecular weight is 275 g/mol. The Morgan fingerprint density at radius 1 is 1.35 bits per heavy atom. The fourth-order valence-electron chi connectivity index (χ4n) is 2.13. The van der Waals surface area contributed by atoms with Crippen molar-refractivity contribution in [2.75, 3.05) is 7.11 Å². The maximum atomic E-state index is 6.14. The van der Waals surface area contributed by atoms with E-state index >= 15 is 0 Å². The fraction of sp³-hybridized carbons (Fsp3) is 0.429. The summed E-state index contributed by atoms with van der Waals surface area (Å²) in [5.41, 5.74) is 5.74. The Bertz CT molecular complexity index is 593. The molecule has 0 amide bonds. The van der Waals surface area contributed by atoms with Gasteiger partial charge in [0.2, 0.25) is 0 Å². The quantitative estimate of drug-likeness (QED) is 0.898. The summed E-state index contributed by atoms with van der Waals surface area (Å²) >= 11 is 0. The summed E-state index contributed by atoms with van der Waals surface area (Å²) in [6.45, 7) is 0.218. The van der Waals surface area contributed by atoms with E-state index in [2.05, 4.69) is 10.1 Å². The molecule has 0 atom stereocenters.